The molecule has 0 unspecified atom stereocenters. The van der Waals surface area contributed by atoms with Crippen molar-refractivity contribution in [1.29, 1.82) is 0 Å². The van der Waals surface area contributed by atoms with Crippen LogP contribution in [0.25, 0.3) is 0 Å². The third-order valence-corrected chi connectivity index (χ3v) is 4.16. The summed E-state index contributed by atoms with van der Waals surface area (Å²) < 4.78 is 10.7. The van der Waals surface area contributed by atoms with E-state index in [1.165, 1.54) is 18.4 Å². The third kappa shape index (κ3) is 2.73. The molecule has 0 amide bonds. The zero-order chi connectivity index (χ0) is 13.9. The van der Waals surface area contributed by atoms with Crippen molar-refractivity contribution < 1.29 is 9.15 Å². The maximum Gasteiger partial charge on any atom is 0.120 e. The Labute approximate surface area is 119 Å². The Bertz CT molecular complexity index is 544. The topological polar surface area (TPSA) is 34.4 Å². The number of hydrogen-bond donors (Lipinski definition) is 1. The Morgan fingerprint density at radius 3 is 2.80 bits per heavy atom. The molecule has 0 aliphatic heterocycles. The van der Waals surface area contributed by atoms with Crippen molar-refractivity contribution in [3.8, 4) is 5.75 Å². The van der Waals surface area contributed by atoms with E-state index in [9.17, 15) is 0 Å². The smallest absolute Gasteiger partial charge is 0.120 e. The van der Waals surface area contributed by atoms with E-state index in [-0.39, 0.29) is 6.04 Å². The maximum absolute atomic E-state index is 5.43. The fourth-order valence-electron chi connectivity index (χ4n) is 2.89. The van der Waals surface area contributed by atoms with Gasteiger partial charge in [-0.1, -0.05) is 12.1 Å². The molecule has 1 atom stereocenters. The summed E-state index contributed by atoms with van der Waals surface area (Å²) in [6.45, 7) is 2.15. The summed E-state index contributed by atoms with van der Waals surface area (Å²) >= 11 is 0. The van der Waals surface area contributed by atoms with E-state index in [2.05, 4.69) is 30.4 Å². The summed E-state index contributed by atoms with van der Waals surface area (Å²) in [5, 5.41) is 3.62. The van der Waals surface area contributed by atoms with E-state index < -0.39 is 0 Å². The normalized spacial score (nSPS) is 23.1. The average molecular weight is 271 g/mol. The van der Waals surface area contributed by atoms with Crippen LogP contribution >= 0.6 is 0 Å². The van der Waals surface area contributed by atoms with Crippen LogP contribution in [0.3, 0.4) is 0 Å². The fraction of sp³-hybridized carbons (Fsp3) is 0.412. The number of rotatable bonds is 5. The molecular formula is C17H21NO2. The number of ether oxygens (including phenoxy) is 1. The van der Waals surface area contributed by atoms with E-state index in [0.717, 1.165) is 11.5 Å². The second-order valence-electron chi connectivity index (χ2n) is 5.55. The molecule has 1 aliphatic rings. The van der Waals surface area contributed by atoms with Crippen molar-refractivity contribution in [2.75, 3.05) is 7.11 Å². The van der Waals surface area contributed by atoms with Gasteiger partial charge in [-0.3, -0.25) is 0 Å². The molecule has 1 saturated carbocycles. The largest absolute Gasteiger partial charge is 0.497 e. The van der Waals surface area contributed by atoms with E-state index in [1.807, 2.05) is 18.2 Å². The van der Waals surface area contributed by atoms with Crippen LogP contribution in [-0.4, -0.2) is 13.2 Å². The van der Waals surface area contributed by atoms with Gasteiger partial charge in [0.25, 0.3) is 0 Å². The van der Waals surface area contributed by atoms with Gasteiger partial charge in [0, 0.05) is 6.04 Å². The molecule has 0 bridgehead atoms. The number of furan rings is 1. The molecule has 3 rings (SSSR count). The molecule has 1 fully saturated rings. The van der Waals surface area contributed by atoms with Crippen LogP contribution in [0.5, 0.6) is 5.75 Å². The summed E-state index contributed by atoms with van der Waals surface area (Å²) in [5.41, 5.74) is 1.38. The van der Waals surface area contributed by atoms with Gasteiger partial charge in [-0.15, -0.1) is 0 Å². The Morgan fingerprint density at radius 2 is 2.10 bits per heavy atom. The highest BCUT2D eigenvalue weighted by Gasteiger charge is 2.31. The van der Waals surface area contributed by atoms with E-state index in [0.29, 0.717) is 12.0 Å². The lowest BCUT2D eigenvalue weighted by Crippen LogP contribution is -2.41. The van der Waals surface area contributed by atoms with Crippen LogP contribution in [0.4, 0.5) is 0 Å². The molecule has 1 aromatic carbocycles. The lowest BCUT2D eigenvalue weighted by atomic mass is 9.75. The maximum atomic E-state index is 5.43. The van der Waals surface area contributed by atoms with E-state index in [4.69, 9.17) is 9.15 Å². The van der Waals surface area contributed by atoms with Crippen LogP contribution in [0.1, 0.15) is 43.0 Å². The standard InChI is InChI=1S/C17H21NO2/c1-12(17-7-4-8-20-17)18-15-9-14(10-15)13-5-3-6-16(11-13)19-2/h3-8,11-12,14-15,18H,9-10H2,1-2H3/t12-,14?,15?/m1/s1. The van der Waals surface area contributed by atoms with Gasteiger partial charge < -0.3 is 14.5 Å². The zero-order valence-corrected chi connectivity index (χ0v) is 12.0. The van der Waals surface area contributed by atoms with Crippen LogP contribution in [-0.2, 0) is 0 Å². The van der Waals surface area contributed by atoms with Gasteiger partial charge in [-0.25, -0.2) is 0 Å². The first-order valence-electron chi connectivity index (χ1n) is 7.19. The third-order valence-electron chi connectivity index (χ3n) is 4.16. The van der Waals surface area contributed by atoms with Gasteiger partial charge in [-0.05, 0) is 55.5 Å². The van der Waals surface area contributed by atoms with Crippen LogP contribution in [0.2, 0.25) is 0 Å². The first-order valence-corrected chi connectivity index (χ1v) is 7.19. The van der Waals surface area contributed by atoms with Gasteiger partial charge in [0.15, 0.2) is 0 Å². The first-order chi connectivity index (χ1) is 9.76. The Morgan fingerprint density at radius 1 is 1.25 bits per heavy atom. The molecule has 1 N–H and O–H groups in total. The van der Waals surface area contributed by atoms with Gasteiger partial charge in [0.05, 0.1) is 19.4 Å². The highest BCUT2D eigenvalue weighted by molar-refractivity contribution is 5.32. The summed E-state index contributed by atoms with van der Waals surface area (Å²) in [5.74, 6) is 2.60. The molecule has 3 heteroatoms. The summed E-state index contributed by atoms with van der Waals surface area (Å²) in [7, 11) is 1.72. The van der Waals surface area contributed by atoms with Crippen LogP contribution in [0.15, 0.2) is 47.1 Å². The summed E-state index contributed by atoms with van der Waals surface area (Å²) in [6.07, 6.45) is 4.09. The monoisotopic (exact) mass is 271 g/mol. The molecule has 3 nitrogen and oxygen atoms in total. The van der Waals surface area contributed by atoms with Crippen molar-refractivity contribution in [2.45, 2.75) is 37.8 Å². The van der Waals surface area contributed by atoms with Gasteiger partial charge in [0.1, 0.15) is 11.5 Å². The minimum Gasteiger partial charge on any atom is -0.497 e. The van der Waals surface area contributed by atoms with Crippen molar-refractivity contribution >= 4 is 0 Å². The summed E-state index contributed by atoms with van der Waals surface area (Å²) in [6, 6.07) is 13.2. The van der Waals surface area contributed by atoms with Crippen molar-refractivity contribution in [3.63, 3.8) is 0 Å². The number of hydrogen-bond acceptors (Lipinski definition) is 3. The van der Waals surface area contributed by atoms with Gasteiger partial charge in [-0.2, -0.15) is 0 Å². The predicted octanol–water partition coefficient (Wildman–Crippen LogP) is 3.89. The summed E-state index contributed by atoms with van der Waals surface area (Å²) in [4.78, 5) is 0. The van der Waals surface area contributed by atoms with Crippen LogP contribution < -0.4 is 10.1 Å². The zero-order valence-electron chi connectivity index (χ0n) is 12.0. The molecule has 1 aliphatic carbocycles. The van der Waals surface area contributed by atoms with Crippen molar-refractivity contribution in [2.24, 2.45) is 0 Å². The highest BCUT2D eigenvalue weighted by atomic mass is 16.5. The molecule has 20 heavy (non-hydrogen) atoms. The lowest BCUT2D eigenvalue weighted by molar-refractivity contribution is 0.258. The minimum atomic E-state index is 0.279. The van der Waals surface area contributed by atoms with Crippen molar-refractivity contribution in [1.82, 2.24) is 5.32 Å². The van der Waals surface area contributed by atoms with Crippen molar-refractivity contribution in [3.05, 3.63) is 54.0 Å². The second-order valence-corrected chi connectivity index (χ2v) is 5.55. The Hall–Kier alpha value is -1.74. The van der Waals surface area contributed by atoms with Gasteiger partial charge >= 0.3 is 0 Å². The first kappa shape index (κ1) is 13.3. The number of nitrogens with one attached hydrogen (secondary N) is 1. The predicted molar refractivity (Wildman–Crippen MR) is 79.0 cm³/mol. The van der Waals surface area contributed by atoms with E-state index in [1.54, 1.807) is 13.4 Å². The second kappa shape index (κ2) is 5.71. The Kier molecular flexibility index (Phi) is 3.79. The molecule has 0 radical (unpaired) electrons. The lowest BCUT2D eigenvalue weighted by Gasteiger charge is -2.38. The SMILES string of the molecule is COc1cccc(C2CC(N[C@H](C)c3ccco3)C2)c1. The fourth-order valence-corrected chi connectivity index (χ4v) is 2.89. The molecule has 0 spiro atoms. The number of benzene rings is 1. The minimum absolute atomic E-state index is 0.279. The molecular weight excluding hydrogens is 250 g/mol. The molecule has 1 heterocycles. The van der Waals surface area contributed by atoms with E-state index >= 15 is 0 Å². The average Bonchev–Trinajstić information content (AvgIpc) is 2.96. The Balaban J connectivity index is 1.53. The highest BCUT2D eigenvalue weighted by Crippen LogP contribution is 2.38. The molecule has 0 saturated heterocycles. The molecule has 2 aromatic rings. The quantitative estimate of drug-likeness (QED) is 0.896. The van der Waals surface area contributed by atoms with Crippen LogP contribution in [0, 0.1) is 0 Å². The molecule has 106 valence electrons. The number of methoxy groups -OCH3 is 1. The van der Waals surface area contributed by atoms with Gasteiger partial charge in [0.2, 0.25) is 0 Å². The molecule has 1 aromatic heterocycles.